The molecule has 0 aliphatic carbocycles. The molecule has 2 aromatic heterocycles. The van der Waals surface area contributed by atoms with Crippen LogP contribution in [0.3, 0.4) is 0 Å². The molecule has 0 unspecified atom stereocenters. The molecule has 3 aromatic rings. The molecule has 4 nitrogen and oxygen atoms in total. The summed E-state index contributed by atoms with van der Waals surface area (Å²) in [5, 5.41) is 3.99. The second-order valence-corrected chi connectivity index (χ2v) is 4.55. The molecule has 0 bridgehead atoms. The van der Waals surface area contributed by atoms with Crippen molar-refractivity contribution in [3.8, 4) is 11.3 Å². The molecule has 19 heavy (non-hydrogen) atoms. The molecule has 0 atom stereocenters. The van der Waals surface area contributed by atoms with Crippen LogP contribution in [0.5, 0.6) is 0 Å². The van der Waals surface area contributed by atoms with Crippen LogP contribution in [0, 0.1) is 0 Å². The number of hydrogen-bond acceptors (Lipinski definition) is 4. The SMILES string of the molecule is c1ccc2c(c1)CCN2c1occc1-c1ccon1. The summed E-state index contributed by atoms with van der Waals surface area (Å²) >= 11 is 0. The third kappa shape index (κ3) is 1.57. The first-order chi connectivity index (χ1) is 9.43. The van der Waals surface area contributed by atoms with E-state index in [1.54, 1.807) is 12.5 Å². The lowest BCUT2D eigenvalue weighted by atomic mass is 10.2. The average molecular weight is 252 g/mol. The molecule has 0 radical (unpaired) electrons. The van der Waals surface area contributed by atoms with E-state index in [4.69, 9.17) is 8.94 Å². The molecule has 1 aliphatic rings. The van der Waals surface area contributed by atoms with Crippen LogP contribution in [0.1, 0.15) is 5.56 Å². The summed E-state index contributed by atoms with van der Waals surface area (Å²) in [5.74, 6) is 0.832. The summed E-state index contributed by atoms with van der Waals surface area (Å²) in [6, 6.07) is 12.2. The maximum absolute atomic E-state index is 5.67. The maximum atomic E-state index is 5.67. The van der Waals surface area contributed by atoms with Crippen molar-refractivity contribution in [3.05, 3.63) is 54.5 Å². The Labute approximate surface area is 110 Å². The summed E-state index contributed by atoms with van der Waals surface area (Å²) < 4.78 is 10.6. The molecular formula is C15H12N2O2. The summed E-state index contributed by atoms with van der Waals surface area (Å²) in [4.78, 5) is 2.19. The van der Waals surface area contributed by atoms with E-state index in [1.165, 1.54) is 11.3 Å². The minimum absolute atomic E-state index is 0.799. The Morgan fingerprint density at radius 3 is 2.89 bits per heavy atom. The topological polar surface area (TPSA) is 42.4 Å². The zero-order valence-corrected chi connectivity index (χ0v) is 10.2. The van der Waals surface area contributed by atoms with Gasteiger partial charge in [-0.05, 0) is 24.1 Å². The predicted molar refractivity (Wildman–Crippen MR) is 71.4 cm³/mol. The molecule has 4 rings (SSSR count). The number of anilines is 2. The normalized spacial score (nSPS) is 13.8. The van der Waals surface area contributed by atoms with Crippen LogP contribution < -0.4 is 4.90 Å². The van der Waals surface area contributed by atoms with E-state index in [1.807, 2.05) is 12.1 Å². The van der Waals surface area contributed by atoms with Gasteiger partial charge in [-0.1, -0.05) is 23.4 Å². The van der Waals surface area contributed by atoms with Gasteiger partial charge in [-0.3, -0.25) is 0 Å². The fourth-order valence-electron chi connectivity index (χ4n) is 2.61. The molecular weight excluding hydrogens is 240 g/mol. The van der Waals surface area contributed by atoms with Crippen LogP contribution in [0.2, 0.25) is 0 Å². The highest BCUT2D eigenvalue weighted by molar-refractivity contribution is 5.78. The Morgan fingerprint density at radius 2 is 2.00 bits per heavy atom. The molecule has 3 heterocycles. The van der Waals surface area contributed by atoms with Gasteiger partial charge in [-0.25, -0.2) is 0 Å². The highest BCUT2D eigenvalue weighted by Gasteiger charge is 2.25. The minimum atomic E-state index is 0.799. The second-order valence-electron chi connectivity index (χ2n) is 4.55. The number of para-hydroxylation sites is 1. The van der Waals surface area contributed by atoms with Crippen LogP contribution in [-0.4, -0.2) is 11.7 Å². The second kappa shape index (κ2) is 4.02. The molecule has 0 saturated heterocycles. The molecule has 0 saturated carbocycles. The zero-order chi connectivity index (χ0) is 12.7. The smallest absolute Gasteiger partial charge is 0.209 e. The lowest BCUT2D eigenvalue weighted by molar-refractivity contribution is 0.422. The van der Waals surface area contributed by atoms with Crippen LogP contribution in [-0.2, 0) is 6.42 Å². The number of furan rings is 1. The number of benzene rings is 1. The predicted octanol–water partition coefficient (Wildman–Crippen LogP) is 3.63. The first-order valence-electron chi connectivity index (χ1n) is 6.27. The van der Waals surface area contributed by atoms with Gasteiger partial charge >= 0.3 is 0 Å². The van der Waals surface area contributed by atoms with Gasteiger partial charge in [-0.15, -0.1) is 0 Å². The Morgan fingerprint density at radius 1 is 1.05 bits per heavy atom. The van der Waals surface area contributed by atoms with Gasteiger partial charge in [-0.2, -0.15) is 0 Å². The van der Waals surface area contributed by atoms with Crippen LogP contribution >= 0.6 is 0 Å². The van der Waals surface area contributed by atoms with Gasteiger partial charge in [0.1, 0.15) is 12.0 Å². The Kier molecular flexibility index (Phi) is 2.21. The summed E-state index contributed by atoms with van der Waals surface area (Å²) in [5.41, 5.74) is 4.32. The van der Waals surface area contributed by atoms with Crippen molar-refractivity contribution in [1.82, 2.24) is 5.16 Å². The number of aromatic nitrogens is 1. The Hall–Kier alpha value is -2.49. The van der Waals surface area contributed by atoms with Crippen LogP contribution in [0.25, 0.3) is 11.3 Å². The van der Waals surface area contributed by atoms with Gasteiger partial charge in [0, 0.05) is 18.3 Å². The summed E-state index contributed by atoms with van der Waals surface area (Å²) in [6.07, 6.45) is 4.31. The third-order valence-electron chi connectivity index (χ3n) is 3.49. The molecule has 0 amide bonds. The fraction of sp³-hybridized carbons (Fsp3) is 0.133. The highest BCUT2D eigenvalue weighted by atomic mass is 16.5. The molecule has 4 heteroatoms. The van der Waals surface area contributed by atoms with Gasteiger partial charge < -0.3 is 13.8 Å². The average Bonchev–Trinajstić information content (AvgIpc) is 3.17. The van der Waals surface area contributed by atoms with Crippen molar-refractivity contribution in [2.75, 3.05) is 11.4 Å². The van der Waals surface area contributed by atoms with E-state index < -0.39 is 0 Å². The van der Waals surface area contributed by atoms with Crippen molar-refractivity contribution in [1.29, 1.82) is 0 Å². The van der Waals surface area contributed by atoms with Gasteiger partial charge in [0.25, 0.3) is 0 Å². The lowest BCUT2D eigenvalue weighted by Gasteiger charge is -2.17. The largest absolute Gasteiger partial charge is 0.448 e. The molecule has 94 valence electrons. The van der Waals surface area contributed by atoms with Gasteiger partial charge in [0.05, 0.1) is 11.8 Å². The van der Waals surface area contributed by atoms with E-state index in [-0.39, 0.29) is 0 Å². The number of fused-ring (bicyclic) bond motifs is 1. The van der Waals surface area contributed by atoms with E-state index in [2.05, 4.69) is 34.3 Å². The molecule has 0 spiro atoms. The van der Waals surface area contributed by atoms with Crippen molar-refractivity contribution >= 4 is 11.6 Å². The first kappa shape index (κ1) is 10.4. The number of hydrogen-bond donors (Lipinski definition) is 0. The molecule has 1 aliphatic heterocycles. The molecule has 0 fully saturated rings. The van der Waals surface area contributed by atoms with Crippen molar-refractivity contribution in [2.24, 2.45) is 0 Å². The lowest BCUT2D eigenvalue weighted by Crippen LogP contribution is -2.13. The Bertz CT molecular complexity index is 701. The maximum Gasteiger partial charge on any atom is 0.209 e. The van der Waals surface area contributed by atoms with E-state index in [0.29, 0.717) is 0 Å². The van der Waals surface area contributed by atoms with E-state index in [0.717, 1.165) is 30.1 Å². The van der Waals surface area contributed by atoms with E-state index >= 15 is 0 Å². The van der Waals surface area contributed by atoms with Crippen molar-refractivity contribution < 1.29 is 8.94 Å². The highest BCUT2D eigenvalue weighted by Crippen LogP contribution is 2.39. The van der Waals surface area contributed by atoms with Gasteiger partial charge in [0.15, 0.2) is 0 Å². The van der Waals surface area contributed by atoms with Crippen LogP contribution in [0.4, 0.5) is 11.6 Å². The molecule has 1 aromatic carbocycles. The van der Waals surface area contributed by atoms with Gasteiger partial charge in [0.2, 0.25) is 5.88 Å². The standard InChI is InChI=1S/C15H12N2O2/c1-2-4-14-11(3-1)5-8-17(14)15-12(6-9-18-15)13-7-10-19-16-13/h1-4,6-7,9-10H,5,8H2. The fourth-order valence-corrected chi connectivity index (χ4v) is 2.61. The monoisotopic (exact) mass is 252 g/mol. The third-order valence-corrected chi connectivity index (χ3v) is 3.49. The van der Waals surface area contributed by atoms with Crippen LogP contribution in [0.15, 0.2) is 57.9 Å². The summed E-state index contributed by atoms with van der Waals surface area (Å²) in [6.45, 7) is 0.928. The zero-order valence-electron chi connectivity index (χ0n) is 10.2. The quantitative estimate of drug-likeness (QED) is 0.698. The van der Waals surface area contributed by atoms with Crippen molar-refractivity contribution in [3.63, 3.8) is 0 Å². The van der Waals surface area contributed by atoms with E-state index in [9.17, 15) is 0 Å². The summed E-state index contributed by atoms with van der Waals surface area (Å²) in [7, 11) is 0. The minimum Gasteiger partial charge on any atom is -0.448 e. The first-order valence-corrected chi connectivity index (χ1v) is 6.27. The molecule has 0 N–H and O–H groups in total. The van der Waals surface area contributed by atoms with Crippen molar-refractivity contribution in [2.45, 2.75) is 6.42 Å². The number of rotatable bonds is 2. The Balaban J connectivity index is 1.81. The number of nitrogens with zero attached hydrogens (tertiary/aromatic N) is 2.